The van der Waals surface area contributed by atoms with Crippen molar-refractivity contribution in [2.24, 2.45) is 0 Å². The van der Waals surface area contributed by atoms with Crippen LogP contribution in [0.2, 0.25) is 0 Å². The van der Waals surface area contributed by atoms with E-state index in [1.165, 1.54) is 39.9 Å². The molecule has 0 atom stereocenters. The van der Waals surface area contributed by atoms with Gasteiger partial charge in [-0.05, 0) is 36.8 Å². The van der Waals surface area contributed by atoms with E-state index in [4.69, 9.17) is 4.74 Å². The zero-order valence-corrected chi connectivity index (χ0v) is 18.6. The normalized spacial score (nSPS) is 13.8. The van der Waals surface area contributed by atoms with E-state index < -0.39 is 23.2 Å². The summed E-state index contributed by atoms with van der Waals surface area (Å²) in [6.07, 6.45) is 1.02. The average Bonchev–Trinajstić information content (AvgIpc) is 2.85. The lowest BCUT2D eigenvalue weighted by atomic mass is 10.2. The van der Waals surface area contributed by atoms with E-state index in [1.807, 2.05) is 0 Å². The molecule has 34 heavy (non-hydrogen) atoms. The average molecular weight is 469 g/mol. The first-order valence-corrected chi connectivity index (χ1v) is 10.9. The van der Waals surface area contributed by atoms with Gasteiger partial charge in [-0.2, -0.15) is 0 Å². The molecule has 3 aromatic rings. The third kappa shape index (κ3) is 4.68. The predicted octanol–water partition coefficient (Wildman–Crippen LogP) is 1.05. The molecule has 2 amide bonds. The van der Waals surface area contributed by atoms with Crippen LogP contribution in [0.1, 0.15) is 12.5 Å². The smallest absolute Gasteiger partial charge is 0.409 e. The molecule has 1 aliphatic heterocycles. The molecule has 0 bridgehead atoms. The van der Waals surface area contributed by atoms with E-state index in [-0.39, 0.29) is 36.6 Å². The van der Waals surface area contributed by atoms with E-state index in [2.05, 4.69) is 4.98 Å². The summed E-state index contributed by atoms with van der Waals surface area (Å²) in [5, 5.41) is 0. The molecule has 2 aromatic heterocycles. The van der Waals surface area contributed by atoms with Crippen molar-refractivity contribution in [1.29, 1.82) is 0 Å². The molecule has 1 aromatic carbocycles. The van der Waals surface area contributed by atoms with E-state index in [9.17, 15) is 23.6 Å². The van der Waals surface area contributed by atoms with E-state index >= 15 is 0 Å². The number of aromatic nitrogens is 3. The van der Waals surface area contributed by atoms with Gasteiger partial charge in [0.1, 0.15) is 12.4 Å². The van der Waals surface area contributed by atoms with Gasteiger partial charge in [-0.1, -0.05) is 12.1 Å². The summed E-state index contributed by atoms with van der Waals surface area (Å²) in [5.41, 5.74) is -0.371. The fourth-order valence-electron chi connectivity index (χ4n) is 3.90. The summed E-state index contributed by atoms with van der Waals surface area (Å²) in [7, 11) is 0. The number of hydrogen-bond donors (Lipinski definition) is 0. The number of fused-ring (bicyclic) bond motifs is 1. The number of carbonyl (C=O) groups is 2. The number of nitrogens with zero attached hydrogens (tertiary/aromatic N) is 5. The molecule has 1 aliphatic rings. The molecule has 0 spiro atoms. The van der Waals surface area contributed by atoms with Crippen LogP contribution in [0.4, 0.5) is 9.18 Å². The molecule has 3 heterocycles. The maximum Gasteiger partial charge on any atom is 0.409 e. The number of ether oxygens (including phenoxy) is 1. The Morgan fingerprint density at radius 3 is 2.35 bits per heavy atom. The Kier molecular flexibility index (Phi) is 6.71. The van der Waals surface area contributed by atoms with Crippen LogP contribution in [-0.4, -0.2) is 68.7 Å². The quantitative estimate of drug-likeness (QED) is 0.553. The molecule has 0 saturated carbocycles. The molecule has 0 aliphatic carbocycles. The van der Waals surface area contributed by atoms with Gasteiger partial charge in [-0.3, -0.25) is 18.7 Å². The van der Waals surface area contributed by atoms with Crippen LogP contribution in [0.15, 0.2) is 52.2 Å². The SMILES string of the molecule is CCOC(=O)N1CCN(C(=O)Cn2c(=O)n(Cc3ccc(F)cc3)c(=O)c3ncccc32)CC1. The summed E-state index contributed by atoms with van der Waals surface area (Å²) in [5.74, 6) is -0.745. The van der Waals surface area contributed by atoms with Gasteiger partial charge in [0.25, 0.3) is 5.56 Å². The van der Waals surface area contributed by atoms with Crippen LogP contribution >= 0.6 is 0 Å². The first-order valence-electron chi connectivity index (χ1n) is 10.9. The fraction of sp³-hybridized carbons (Fsp3) is 0.348. The number of amides is 2. The predicted molar refractivity (Wildman–Crippen MR) is 121 cm³/mol. The molecule has 1 saturated heterocycles. The largest absolute Gasteiger partial charge is 0.450 e. The van der Waals surface area contributed by atoms with Crippen molar-refractivity contribution >= 4 is 23.0 Å². The summed E-state index contributed by atoms with van der Waals surface area (Å²) in [6.45, 7) is 2.88. The second-order valence-electron chi connectivity index (χ2n) is 7.82. The summed E-state index contributed by atoms with van der Waals surface area (Å²) in [4.78, 5) is 58.4. The minimum atomic E-state index is -0.659. The van der Waals surface area contributed by atoms with E-state index in [1.54, 1.807) is 24.0 Å². The number of carbonyl (C=O) groups excluding carboxylic acids is 2. The van der Waals surface area contributed by atoms with Crippen molar-refractivity contribution in [3.05, 3.63) is 74.8 Å². The highest BCUT2D eigenvalue weighted by atomic mass is 19.1. The van der Waals surface area contributed by atoms with Gasteiger partial charge in [0.2, 0.25) is 5.91 Å². The van der Waals surface area contributed by atoms with Crippen molar-refractivity contribution in [1.82, 2.24) is 23.9 Å². The van der Waals surface area contributed by atoms with Crippen molar-refractivity contribution in [2.45, 2.75) is 20.0 Å². The number of rotatable bonds is 5. The van der Waals surface area contributed by atoms with Gasteiger partial charge in [0.15, 0.2) is 5.52 Å². The topological polar surface area (TPSA) is 107 Å². The van der Waals surface area contributed by atoms with Crippen LogP contribution < -0.4 is 11.2 Å². The third-order valence-corrected chi connectivity index (χ3v) is 5.69. The Morgan fingerprint density at radius 1 is 1.00 bits per heavy atom. The Hall–Kier alpha value is -4.02. The van der Waals surface area contributed by atoms with E-state index in [0.717, 1.165) is 4.57 Å². The molecule has 1 fully saturated rings. The molecule has 0 radical (unpaired) electrons. The fourth-order valence-corrected chi connectivity index (χ4v) is 3.90. The lowest BCUT2D eigenvalue weighted by molar-refractivity contribution is -0.133. The highest BCUT2D eigenvalue weighted by Crippen LogP contribution is 2.09. The van der Waals surface area contributed by atoms with Crippen molar-refractivity contribution in [2.75, 3.05) is 32.8 Å². The van der Waals surface area contributed by atoms with Gasteiger partial charge in [0, 0.05) is 32.4 Å². The highest BCUT2D eigenvalue weighted by Gasteiger charge is 2.26. The van der Waals surface area contributed by atoms with Crippen molar-refractivity contribution < 1.29 is 18.7 Å². The first kappa shape index (κ1) is 23.1. The van der Waals surface area contributed by atoms with Crippen LogP contribution in [0.25, 0.3) is 11.0 Å². The maximum atomic E-state index is 13.3. The van der Waals surface area contributed by atoms with Gasteiger partial charge < -0.3 is 14.5 Å². The second kappa shape index (κ2) is 9.86. The molecule has 4 rings (SSSR count). The number of piperazine rings is 1. The van der Waals surface area contributed by atoms with Crippen LogP contribution in [0.5, 0.6) is 0 Å². The molecule has 178 valence electrons. The standard InChI is InChI=1S/C23H24FN5O5/c1-2-34-23(33)27-12-10-26(11-13-27)19(30)15-28-18-4-3-9-25-20(18)21(31)29(22(28)32)14-16-5-7-17(24)8-6-16/h3-9H,2,10-15H2,1H3. The molecule has 0 N–H and O–H groups in total. The second-order valence-corrected chi connectivity index (χ2v) is 7.82. The number of hydrogen-bond acceptors (Lipinski definition) is 6. The Labute approximate surface area is 193 Å². The summed E-state index contributed by atoms with van der Waals surface area (Å²) < 4.78 is 20.5. The first-order chi connectivity index (χ1) is 16.4. The van der Waals surface area contributed by atoms with Crippen LogP contribution in [0, 0.1) is 5.82 Å². The lowest BCUT2D eigenvalue weighted by Gasteiger charge is -2.34. The number of pyridine rings is 1. The van der Waals surface area contributed by atoms with Crippen molar-refractivity contribution in [3.63, 3.8) is 0 Å². The van der Waals surface area contributed by atoms with Gasteiger partial charge in [-0.25, -0.2) is 19.0 Å². The highest BCUT2D eigenvalue weighted by molar-refractivity contribution is 5.80. The summed E-state index contributed by atoms with van der Waals surface area (Å²) in [6, 6.07) is 8.63. The Morgan fingerprint density at radius 2 is 1.68 bits per heavy atom. The monoisotopic (exact) mass is 469 g/mol. The molecular formula is C23H24FN5O5. The molecule has 10 nitrogen and oxygen atoms in total. The van der Waals surface area contributed by atoms with Crippen LogP contribution in [-0.2, 0) is 22.6 Å². The van der Waals surface area contributed by atoms with Crippen molar-refractivity contribution in [3.8, 4) is 0 Å². The van der Waals surface area contributed by atoms with E-state index in [0.29, 0.717) is 31.7 Å². The lowest BCUT2D eigenvalue weighted by Crippen LogP contribution is -2.52. The number of benzene rings is 1. The summed E-state index contributed by atoms with van der Waals surface area (Å²) >= 11 is 0. The minimum absolute atomic E-state index is 0.0594. The third-order valence-electron chi connectivity index (χ3n) is 5.69. The maximum absolute atomic E-state index is 13.3. The number of halogens is 1. The Balaban J connectivity index is 1.61. The molecular weight excluding hydrogens is 445 g/mol. The van der Waals surface area contributed by atoms with Gasteiger partial charge >= 0.3 is 11.8 Å². The Bertz CT molecular complexity index is 1330. The van der Waals surface area contributed by atoms with Gasteiger partial charge in [-0.15, -0.1) is 0 Å². The van der Waals surface area contributed by atoms with Crippen LogP contribution in [0.3, 0.4) is 0 Å². The molecule has 11 heteroatoms. The zero-order valence-electron chi connectivity index (χ0n) is 18.6. The minimum Gasteiger partial charge on any atom is -0.450 e. The van der Waals surface area contributed by atoms with Gasteiger partial charge in [0.05, 0.1) is 18.7 Å². The zero-order chi connectivity index (χ0) is 24.2. The molecule has 0 unspecified atom stereocenters.